The predicted octanol–water partition coefficient (Wildman–Crippen LogP) is 3.33. The zero-order chi connectivity index (χ0) is 16.2. The number of hydrogen-bond donors (Lipinski definition) is 3. The van der Waals surface area contributed by atoms with Crippen molar-refractivity contribution in [1.29, 1.82) is 0 Å². The SMILES string of the molecule is CCN=C(NC1CCC(O)CC1)NC1CC1c1ccccc1C.I. The summed E-state index contributed by atoms with van der Waals surface area (Å²) in [6.07, 6.45) is 4.91. The van der Waals surface area contributed by atoms with E-state index in [-0.39, 0.29) is 30.1 Å². The lowest BCUT2D eigenvalue weighted by Gasteiger charge is -2.27. The van der Waals surface area contributed by atoms with Crippen molar-refractivity contribution in [3.63, 3.8) is 0 Å². The molecule has 0 aromatic heterocycles. The van der Waals surface area contributed by atoms with Crippen LogP contribution in [0.25, 0.3) is 0 Å². The summed E-state index contributed by atoms with van der Waals surface area (Å²) in [6, 6.07) is 9.60. The molecule has 4 nitrogen and oxygen atoms in total. The van der Waals surface area contributed by atoms with Crippen LogP contribution in [0.15, 0.2) is 29.3 Å². The van der Waals surface area contributed by atoms with Crippen LogP contribution in [0.4, 0.5) is 0 Å². The van der Waals surface area contributed by atoms with Gasteiger partial charge < -0.3 is 15.7 Å². The van der Waals surface area contributed by atoms with Crippen molar-refractivity contribution in [2.75, 3.05) is 6.54 Å². The van der Waals surface area contributed by atoms with Crippen LogP contribution >= 0.6 is 24.0 Å². The highest BCUT2D eigenvalue weighted by Crippen LogP contribution is 2.42. The zero-order valence-electron chi connectivity index (χ0n) is 14.7. The van der Waals surface area contributed by atoms with Crippen LogP contribution in [-0.4, -0.2) is 35.8 Å². The quantitative estimate of drug-likeness (QED) is 0.380. The number of halogens is 1. The third-order valence-corrected chi connectivity index (χ3v) is 5.05. The van der Waals surface area contributed by atoms with Crippen LogP contribution in [-0.2, 0) is 0 Å². The number of rotatable bonds is 4. The second-order valence-corrected chi connectivity index (χ2v) is 6.92. The molecule has 2 saturated carbocycles. The molecule has 3 rings (SSSR count). The van der Waals surface area contributed by atoms with E-state index in [0.29, 0.717) is 18.0 Å². The number of aryl methyl sites for hydroxylation is 1. The Hall–Kier alpha value is -0.820. The minimum absolute atomic E-state index is 0. The molecule has 2 fully saturated rings. The maximum Gasteiger partial charge on any atom is 0.191 e. The lowest BCUT2D eigenvalue weighted by molar-refractivity contribution is 0.120. The topological polar surface area (TPSA) is 56.7 Å². The molecule has 0 aliphatic heterocycles. The van der Waals surface area contributed by atoms with E-state index in [1.807, 2.05) is 0 Å². The summed E-state index contributed by atoms with van der Waals surface area (Å²) in [5, 5.41) is 16.8. The highest BCUT2D eigenvalue weighted by Gasteiger charge is 2.39. The number of aliphatic imine (C=N–C) groups is 1. The number of nitrogens with zero attached hydrogens (tertiary/aromatic N) is 1. The van der Waals surface area contributed by atoms with Crippen molar-refractivity contribution < 1.29 is 5.11 Å². The maximum atomic E-state index is 9.63. The lowest BCUT2D eigenvalue weighted by atomic mass is 9.93. The largest absolute Gasteiger partial charge is 0.393 e. The molecule has 0 amide bonds. The summed E-state index contributed by atoms with van der Waals surface area (Å²) < 4.78 is 0. The van der Waals surface area contributed by atoms with Crippen molar-refractivity contribution >= 4 is 29.9 Å². The summed E-state index contributed by atoms with van der Waals surface area (Å²) in [5.74, 6) is 1.54. The number of hydrogen-bond acceptors (Lipinski definition) is 2. The number of nitrogens with one attached hydrogen (secondary N) is 2. The normalized spacial score (nSPS) is 29.5. The molecule has 2 atom stereocenters. The summed E-state index contributed by atoms with van der Waals surface area (Å²) in [7, 11) is 0. The molecule has 0 spiro atoms. The van der Waals surface area contributed by atoms with Crippen LogP contribution in [0.5, 0.6) is 0 Å². The van der Waals surface area contributed by atoms with Gasteiger partial charge in [-0.2, -0.15) is 0 Å². The Morgan fingerprint density at radius 2 is 1.88 bits per heavy atom. The molecule has 134 valence electrons. The fourth-order valence-electron chi connectivity index (χ4n) is 3.58. The molecule has 2 aliphatic rings. The maximum absolute atomic E-state index is 9.63. The van der Waals surface area contributed by atoms with Crippen LogP contribution < -0.4 is 10.6 Å². The Kier molecular flexibility index (Phi) is 7.34. The van der Waals surface area contributed by atoms with Crippen molar-refractivity contribution in [3.8, 4) is 0 Å². The van der Waals surface area contributed by atoms with Gasteiger partial charge in [-0.15, -0.1) is 24.0 Å². The second kappa shape index (κ2) is 9.04. The van der Waals surface area contributed by atoms with E-state index >= 15 is 0 Å². The van der Waals surface area contributed by atoms with Crippen molar-refractivity contribution in [2.45, 2.75) is 70.1 Å². The second-order valence-electron chi connectivity index (χ2n) is 6.92. The molecule has 2 unspecified atom stereocenters. The Morgan fingerprint density at radius 3 is 2.54 bits per heavy atom. The molecule has 0 radical (unpaired) electrons. The van der Waals surface area contributed by atoms with E-state index in [1.54, 1.807) is 0 Å². The Bertz CT molecular complexity index is 555. The molecule has 1 aromatic carbocycles. The molecule has 0 saturated heterocycles. The van der Waals surface area contributed by atoms with Gasteiger partial charge in [-0.1, -0.05) is 24.3 Å². The van der Waals surface area contributed by atoms with Gasteiger partial charge in [-0.3, -0.25) is 4.99 Å². The lowest BCUT2D eigenvalue weighted by Crippen LogP contribution is -2.46. The van der Waals surface area contributed by atoms with Crippen molar-refractivity contribution in [2.24, 2.45) is 4.99 Å². The molecule has 1 aromatic rings. The van der Waals surface area contributed by atoms with Crippen molar-refractivity contribution in [3.05, 3.63) is 35.4 Å². The first-order valence-electron chi connectivity index (χ1n) is 8.98. The third-order valence-electron chi connectivity index (χ3n) is 5.05. The highest BCUT2D eigenvalue weighted by molar-refractivity contribution is 14.0. The molecular formula is C19H30IN3O. The number of aliphatic hydroxyl groups excluding tert-OH is 1. The minimum atomic E-state index is -0.110. The molecule has 3 N–H and O–H groups in total. The average molecular weight is 443 g/mol. The molecular weight excluding hydrogens is 413 g/mol. The third kappa shape index (κ3) is 5.09. The van der Waals surface area contributed by atoms with Crippen LogP contribution in [0.3, 0.4) is 0 Å². The van der Waals surface area contributed by atoms with Crippen LogP contribution in [0.2, 0.25) is 0 Å². The number of aliphatic hydroxyl groups is 1. The van der Waals surface area contributed by atoms with Gasteiger partial charge >= 0.3 is 0 Å². The van der Waals surface area contributed by atoms with Crippen LogP contribution in [0.1, 0.15) is 56.1 Å². The smallest absolute Gasteiger partial charge is 0.191 e. The molecule has 5 heteroatoms. The van der Waals surface area contributed by atoms with E-state index in [2.05, 4.69) is 53.7 Å². The first kappa shape index (κ1) is 19.5. The van der Waals surface area contributed by atoms with Gasteiger partial charge in [0, 0.05) is 24.5 Å². The molecule has 24 heavy (non-hydrogen) atoms. The standard InChI is InChI=1S/C19H29N3O.HI/c1-3-20-19(21-14-8-10-15(23)11-9-14)22-18-12-17(18)16-7-5-4-6-13(16)2;/h4-7,14-15,17-18,23H,3,8-12H2,1-2H3,(H2,20,21,22);1H. The molecule has 0 heterocycles. The minimum Gasteiger partial charge on any atom is -0.393 e. The molecule has 2 aliphatic carbocycles. The van der Waals surface area contributed by atoms with E-state index in [0.717, 1.165) is 38.2 Å². The van der Waals surface area contributed by atoms with Gasteiger partial charge in [0.05, 0.1) is 6.10 Å². The monoisotopic (exact) mass is 443 g/mol. The first-order valence-corrected chi connectivity index (χ1v) is 8.98. The summed E-state index contributed by atoms with van der Waals surface area (Å²) >= 11 is 0. The number of guanidine groups is 1. The summed E-state index contributed by atoms with van der Waals surface area (Å²) in [6.45, 7) is 5.05. The number of benzene rings is 1. The fourth-order valence-corrected chi connectivity index (χ4v) is 3.58. The van der Waals surface area contributed by atoms with Gasteiger partial charge in [0.15, 0.2) is 5.96 Å². The predicted molar refractivity (Wildman–Crippen MR) is 110 cm³/mol. The average Bonchev–Trinajstić information content (AvgIpc) is 3.29. The van der Waals surface area contributed by atoms with Crippen molar-refractivity contribution in [1.82, 2.24) is 10.6 Å². The Balaban J connectivity index is 0.00000208. The Labute approximate surface area is 162 Å². The van der Waals surface area contributed by atoms with Gasteiger partial charge in [0.25, 0.3) is 0 Å². The highest BCUT2D eigenvalue weighted by atomic mass is 127. The van der Waals surface area contributed by atoms with Gasteiger partial charge in [-0.05, 0) is 57.1 Å². The van der Waals surface area contributed by atoms with E-state index in [1.165, 1.54) is 17.5 Å². The van der Waals surface area contributed by atoms with E-state index in [9.17, 15) is 5.11 Å². The first-order chi connectivity index (χ1) is 11.2. The van der Waals surface area contributed by atoms with Gasteiger partial charge in [0.2, 0.25) is 0 Å². The Morgan fingerprint density at radius 1 is 1.17 bits per heavy atom. The van der Waals surface area contributed by atoms with E-state index < -0.39 is 0 Å². The van der Waals surface area contributed by atoms with Gasteiger partial charge in [0.1, 0.15) is 0 Å². The van der Waals surface area contributed by atoms with Gasteiger partial charge in [-0.25, -0.2) is 0 Å². The fraction of sp³-hybridized carbons (Fsp3) is 0.632. The van der Waals surface area contributed by atoms with Crippen LogP contribution in [0, 0.1) is 6.92 Å². The zero-order valence-corrected chi connectivity index (χ0v) is 17.0. The molecule has 0 bridgehead atoms. The summed E-state index contributed by atoms with van der Waals surface area (Å²) in [4.78, 5) is 4.60. The summed E-state index contributed by atoms with van der Waals surface area (Å²) in [5.41, 5.74) is 2.84. The van der Waals surface area contributed by atoms with E-state index in [4.69, 9.17) is 0 Å².